The van der Waals surface area contributed by atoms with Gasteiger partial charge in [0.25, 0.3) is 11.1 Å². The third-order valence-corrected chi connectivity index (χ3v) is 7.05. The molecule has 2 aromatic heterocycles. The Kier molecular flexibility index (Phi) is 28.0. The van der Waals surface area contributed by atoms with Gasteiger partial charge in [0.2, 0.25) is 0 Å². The van der Waals surface area contributed by atoms with Gasteiger partial charge in [0.1, 0.15) is 17.2 Å². The van der Waals surface area contributed by atoms with Crippen LogP contribution in [-0.2, 0) is 28.5 Å². The zero-order valence-corrected chi connectivity index (χ0v) is 39.1. The minimum Gasteiger partial charge on any atom is -0.459 e. The van der Waals surface area contributed by atoms with E-state index in [0.717, 1.165) is 0 Å². The van der Waals surface area contributed by atoms with Gasteiger partial charge in [0.15, 0.2) is 6.04 Å². The van der Waals surface area contributed by atoms with E-state index in [-0.39, 0.29) is 24.1 Å². The minimum atomic E-state index is -0.920. The molecule has 0 aliphatic carbocycles. The molecule has 4 atom stereocenters. The first-order valence-electron chi connectivity index (χ1n) is 19.1. The van der Waals surface area contributed by atoms with Crippen LogP contribution in [0, 0.1) is 0 Å². The van der Waals surface area contributed by atoms with E-state index in [1.807, 2.05) is 62.3 Å². The average Bonchev–Trinajstić information content (AvgIpc) is 3.06. The Labute approximate surface area is 354 Å². The molecular weight excluding hydrogens is 773 g/mol. The maximum atomic E-state index is 12.5. The van der Waals surface area contributed by atoms with Crippen LogP contribution in [0.5, 0.6) is 0 Å². The van der Waals surface area contributed by atoms with Crippen molar-refractivity contribution in [3.05, 3.63) is 60.2 Å². The smallest absolute Gasteiger partial charge is 0.331 e. The van der Waals surface area contributed by atoms with Crippen LogP contribution in [0.15, 0.2) is 49.1 Å². The molecule has 0 aliphatic heterocycles. The molecule has 0 fully saturated rings. The number of carbonyl (C=O) groups is 4. The number of nitrogens with one attached hydrogen (secondary N) is 1. The fourth-order valence-corrected chi connectivity index (χ4v) is 4.53. The lowest BCUT2D eigenvalue weighted by molar-refractivity contribution is -0.165. The van der Waals surface area contributed by atoms with E-state index in [0.29, 0.717) is 11.1 Å². The highest BCUT2D eigenvalue weighted by molar-refractivity contribution is 6.67. The van der Waals surface area contributed by atoms with Crippen LogP contribution in [-0.4, -0.2) is 104 Å². The molecule has 3 N–H and O–H groups in total. The number of nitrogens with two attached hydrogens (primary N) is 1. The maximum Gasteiger partial charge on any atom is 0.331 e. The molecular formula is C42H73Cl2N5O8. The van der Waals surface area contributed by atoms with E-state index < -0.39 is 58.1 Å². The second-order valence-electron chi connectivity index (χ2n) is 16.8. The molecule has 2 heterocycles. The Morgan fingerprint density at radius 3 is 1.37 bits per heavy atom. The molecule has 328 valence electrons. The maximum absolute atomic E-state index is 12.5. The van der Waals surface area contributed by atoms with Crippen molar-refractivity contribution in [2.45, 2.75) is 164 Å². The fourth-order valence-electron chi connectivity index (χ4n) is 4.42. The SMILES string of the molecule is CC(OC(C)(C)C)[C@H](N)C(=O)OC(C)(C)C.CC(OC(C)(C)C)[C@H](NC(=O)c1cccnc1)C(=O)OC(C)(C)C.CCN(CC)CC.Cl.O=C(Cl)c1cccnc1. The van der Waals surface area contributed by atoms with E-state index in [2.05, 4.69) is 41.0 Å². The highest BCUT2D eigenvalue weighted by Crippen LogP contribution is 2.18. The van der Waals surface area contributed by atoms with Gasteiger partial charge in [0, 0.05) is 24.8 Å². The Hall–Kier alpha value is -3.20. The lowest BCUT2D eigenvalue weighted by atomic mass is 10.1. The molecule has 0 aliphatic rings. The summed E-state index contributed by atoms with van der Waals surface area (Å²) < 4.78 is 22.1. The highest BCUT2D eigenvalue weighted by Gasteiger charge is 2.34. The topological polar surface area (TPSA) is 172 Å². The zero-order valence-electron chi connectivity index (χ0n) is 37.5. The van der Waals surface area contributed by atoms with E-state index in [4.69, 9.17) is 36.3 Å². The number of hydrogen-bond acceptors (Lipinski definition) is 12. The van der Waals surface area contributed by atoms with E-state index >= 15 is 0 Å². The van der Waals surface area contributed by atoms with Crippen molar-refractivity contribution < 1.29 is 38.1 Å². The van der Waals surface area contributed by atoms with Crippen LogP contribution >= 0.6 is 24.0 Å². The molecule has 0 radical (unpaired) electrons. The summed E-state index contributed by atoms with van der Waals surface area (Å²) in [4.78, 5) is 56.9. The van der Waals surface area contributed by atoms with E-state index in [1.54, 1.807) is 71.3 Å². The summed E-state index contributed by atoms with van der Waals surface area (Å²) in [7, 11) is 0. The lowest BCUT2D eigenvalue weighted by Gasteiger charge is -2.32. The molecule has 0 spiro atoms. The van der Waals surface area contributed by atoms with Crippen LogP contribution in [0.3, 0.4) is 0 Å². The van der Waals surface area contributed by atoms with Gasteiger partial charge in [-0.05, 0) is 152 Å². The highest BCUT2D eigenvalue weighted by atomic mass is 35.5. The Morgan fingerprint density at radius 1 is 0.684 bits per heavy atom. The van der Waals surface area contributed by atoms with Gasteiger partial charge < -0.3 is 34.9 Å². The van der Waals surface area contributed by atoms with Crippen LogP contribution < -0.4 is 11.1 Å². The van der Waals surface area contributed by atoms with Gasteiger partial charge in [-0.2, -0.15) is 0 Å². The van der Waals surface area contributed by atoms with Gasteiger partial charge >= 0.3 is 11.9 Å². The molecule has 2 aromatic rings. The first-order valence-corrected chi connectivity index (χ1v) is 19.4. The molecule has 0 bridgehead atoms. The Bertz CT molecular complexity index is 1410. The molecule has 15 heteroatoms. The monoisotopic (exact) mass is 845 g/mol. The van der Waals surface area contributed by atoms with Crippen molar-refractivity contribution in [1.82, 2.24) is 20.2 Å². The minimum absolute atomic E-state index is 0. The van der Waals surface area contributed by atoms with Gasteiger partial charge in [-0.1, -0.05) is 20.8 Å². The van der Waals surface area contributed by atoms with Crippen molar-refractivity contribution in [2.24, 2.45) is 5.73 Å². The average molecular weight is 847 g/mol. The number of pyridine rings is 2. The zero-order chi connectivity index (χ0) is 44.1. The number of ether oxygens (including phenoxy) is 4. The number of halogens is 2. The summed E-state index contributed by atoms with van der Waals surface area (Å²) in [6.07, 6.45) is 5.11. The van der Waals surface area contributed by atoms with Crippen LogP contribution in [0.1, 0.15) is 138 Å². The Balaban J connectivity index is -0.000000756. The first-order chi connectivity index (χ1) is 25.5. The second-order valence-corrected chi connectivity index (χ2v) is 17.1. The number of nitrogens with zero attached hydrogens (tertiary/aromatic N) is 3. The predicted octanol–water partition coefficient (Wildman–Crippen LogP) is 7.81. The van der Waals surface area contributed by atoms with Crippen LogP contribution in [0.4, 0.5) is 0 Å². The lowest BCUT2D eigenvalue weighted by Crippen LogP contribution is -2.52. The van der Waals surface area contributed by atoms with Gasteiger partial charge in [-0.15, -0.1) is 12.4 Å². The molecule has 0 saturated heterocycles. The summed E-state index contributed by atoms with van der Waals surface area (Å²) >= 11 is 5.12. The summed E-state index contributed by atoms with van der Waals surface area (Å²) in [5.41, 5.74) is 4.62. The van der Waals surface area contributed by atoms with Crippen LogP contribution in [0.25, 0.3) is 0 Å². The van der Waals surface area contributed by atoms with Crippen molar-refractivity contribution in [3.8, 4) is 0 Å². The molecule has 0 saturated carbocycles. The second kappa shape index (κ2) is 27.5. The molecule has 2 rings (SSSR count). The summed E-state index contributed by atoms with van der Waals surface area (Å²) in [5.74, 6) is -1.36. The number of carbonyl (C=O) groups excluding carboxylic acids is 4. The van der Waals surface area contributed by atoms with Crippen molar-refractivity contribution in [3.63, 3.8) is 0 Å². The van der Waals surface area contributed by atoms with E-state index in [9.17, 15) is 19.2 Å². The third kappa shape index (κ3) is 30.5. The van der Waals surface area contributed by atoms with Gasteiger partial charge in [-0.3, -0.25) is 24.4 Å². The standard InChI is InChI=1S/C18H28N2O4.C12H25NO3.C6H4ClNO.C6H15N.ClH/c1-12(23-17(2,3)4)14(16(22)24-18(5,6)7)20-15(21)13-9-8-10-19-11-13;1-8(15-11(2,3)4)9(13)10(14)16-12(5,6)7;7-6(9)5-2-1-3-8-4-5;1-4-7(5-2)6-3;/h8-12,14H,1-7H3,(H,20,21);8-9H,13H2,1-7H3;1-4H;4-6H2,1-3H3;1H/t12?,14-;8?,9-;;;/m00.../s1. The summed E-state index contributed by atoms with van der Waals surface area (Å²) in [6, 6.07) is 4.89. The normalized spacial score (nSPS) is 13.5. The summed E-state index contributed by atoms with van der Waals surface area (Å²) in [5, 5.41) is 2.23. The number of amides is 1. The molecule has 1 amide bonds. The first kappa shape index (κ1) is 58.1. The molecule has 0 aromatic carbocycles. The summed E-state index contributed by atoms with van der Waals surface area (Å²) in [6.45, 7) is 35.8. The third-order valence-electron chi connectivity index (χ3n) is 6.83. The van der Waals surface area contributed by atoms with Gasteiger partial charge in [0.05, 0.1) is 34.5 Å². The molecule has 13 nitrogen and oxygen atoms in total. The predicted molar refractivity (Wildman–Crippen MR) is 231 cm³/mol. The Morgan fingerprint density at radius 2 is 1.07 bits per heavy atom. The van der Waals surface area contributed by atoms with Crippen molar-refractivity contribution >= 4 is 47.1 Å². The van der Waals surface area contributed by atoms with E-state index in [1.165, 1.54) is 32.0 Å². The number of rotatable bonds is 12. The van der Waals surface area contributed by atoms with Gasteiger partial charge in [-0.25, -0.2) is 4.79 Å². The van der Waals surface area contributed by atoms with Crippen molar-refractivity contribution in [1.29, 1.82) is 0 Å². The number of hydrogen-bond donors (Lipinski definition) is 2. The molecule has 2 unspecified atom stereocenters. The largest absolute Gasteiger partial charge is 0.459 e. The quantitative estimate of drug-likeness (QED) is 0.157. The number of esters is 2. The van der Waals surface area contributed by atoms with Crippen molar-refractivity contribution in [2.75, 3.05) is 19.6 Å². The van der Waals surface area contributed by atoms with Crippen LogP contribution in [0.2, 0.25) is 0 Å². The fraction of sp³-hybridized carbons (Fsp3) is 0.667. The molecule has 57 heavy (non-hydrogen) atoms. The number of aromatic nitrogens is 2.